The Morgan fingerprint density at radius 1 is 0.661 bits per heavy atom. The zero-order valence-electron chi connectivity index (χ0n) is 37.0. The molecule has 2 aliphatic rings. The van der Waals surface area contributed by atoms with Crippen LogP contribution >= 0.6 is 0 Å². The van der Waals surface area contributed by atoms with E-state index in [0.717, 1.165) is 0 Å². The predicted molar refractivity (Wildman–Crippen MR) is 208 cm³/mol. The Morgan fingerprint density at radius 3 is 1.27 bits per heavy atom. The maximum atomic E-state index is 13.3. The van der Waals surface area contributed by atoms with Crippen LogP contribution in [0.4, 0.5) is 9.59 Å². The normalized spacial score (nSPS) is 24.8. The number of carbonyl (C=O) groups is 6. The van der Waals surface area contributed by atoms with Gasteiger partial charge in [0.25, 0.3) is 0 Å². The molecule has 4 N–H and O–H groups in total. The molecule has 2 heterocycles. The molecule has 16 heteroatoms. The van der Waals surface area contributed by atoms with Crippen molar-refractivity contribution in [3.63, 3.8) is 0 Å². The summed E-state index contributed by atoms with van der Waals surface area (Å²) in [6, 6.07) is 0. The van der Waals surface area contributed by atoms with Crippen LogP contribution in [0.1, 0.15) is 117 Å². The van der Waals surface area contributed by atoms with Gasteiger partial charge < -0.3 is 45.2 Å². The van der Waals surface area contributed by atoms with E-state index in [9.17, 15) is 33.9 Å². The first kappa shape index (κ1) is 54.6. The monoisotopic (exact) mass is 789 g/mol. The molecule has 4 unspecified atom stereocenters. The van der Waals surface area contributed by atoms with Crippen molar-refractivity contribution < 1.29 is 72.4 Å². The number of hydrogen-bond donors (Lipinski definition) is 3. The van der Waals surface area contributed by atoms with E-state index in [1.165, 1.54) is 15.9 Å². The van der Waals surface area contributed by atoms with Gasteiger partial charge in [0.2, 0.25) is 11.8 Å². The molecule has 0 aromatic carbocycles. The maximum absolute atomic E-state index is 13.3. The second-order valence-electron chi connectivity index (χ2n) is 18.9. The predicted octanol–water partition coefficient (Wildman–Crippen LogP) is 2.92. The molecule has 4 atom stereocenters. The molecule has 56 heavy (non-hydrogen) atoms. The molecule has 316 valence electrons. The minimum absolute atomic E-state index is 0. The van der Waals surface area contributed by atoms with Gasteiger partial charge in [0.05, 0.1) is 17.4 Å². The molecule has 0 bridgehead atoms. The number of nitrogens with one attached hydrogen (secondary N) is 2. The van der Waals surface area contributed by atoms with E-state index < -0.39 is 74.0 Å². The van der Waals surface area contributed by atoms with E-state index >= 15 is 0 Å². The second kappa shape index (κ2) is 19.3. The van der Waals surface area contributed by atoms with Crippen molar-refractivity contribution in [3.05, 3.63) is 25.3 Å². The van der Waals surface area contributed by atoms with E-state index in [4.69, 9.17) is 14.2 Å². The third-order valence-corrected chi connectivity index (χ3v) is 9.39. The number of esters is 1. The SMILES string of the molecule is C=CCC1(C(=O)O)CN(C(=O)OC(C)(C)C)CC1(C)C(=O)NC(C)(C)C.C=CCC1(C(=O)OCC)CN(C(=O)OC(C)(C)C)CC1(C)C(=O)NC(C)(C)C.[Li+].[OH-]. The van der Waals surface area contributed by atoms with Crippen LogP contribution in [0, 0.1) is 21.7 Å². The summed E-state index contributed by atoms with van der Waals surface area (Å²) in [4.78, 5) is 79.6. The molecule has 0 aromatic heterocycles. The topological polar surface area (TPSA) is 211 Å². The van der Waals surface area contributed by atoms with Crippen LogP contribution in [0.3, 0.4) is 0 Å². The Morgan fingerprint density at radius 2 is 0.982 bits per heavy atom. The summed E-state index contributed by atoms with van der Waals surface area (Å²) in [5.41, 5.74) is -7.65. The van der Waals surface area contributed by atoms with Crippen molar-refractivity contribution >= 4 is 35.9 Å². The van der Waals surface area contributed by atoms with E-state index in [0.29, 0.717) is 0 Å². The molecule has 4 amide bonds. The minimum Gasteiger partial charge on any atom is -0.870 e. The fourth-order valence-corrected chi connectivity index (χ4v) is 6.73. The number of carboxylic acids is 1. The summed E-state index contributed by atoms with van der Waals surface area (Å²) >= 11 is 0. The molecule has 2 aliphatic heterocycles. The molecule has 0 spiro atoms. The van der Waals surface area contributed by atoms with Gasteiger partial charge in [-0.15, -0.1) is 13.2 Å². The minimum atomic E-state index is -1.47. The Kier molecular flexibility index (Phi) is 18.8. The molecule has 2 saturated heterocycles. The first-order valence-electron chi connectivity index (χ1n) is 18.4. The maximum Gasteiger partial charge on any atom is 1.00 e. The number of nitrogens with zero attached hydrogens (tertiary/aromatic N) is 2. The van der Waals surface area contributed by atoms with Gasteiger partial charge in [-0.3, -0.25) is 19.2 Å². The third kappa shape index (κ3) is 13.0. The Labute approximate surface area is 346 Å². The largest absolute Gasteiger partial charge is 1.00 e. The Bertz CT molecular complexity index is 1460. The summed E-state index contributed by atoms with van der Waals surface area (Å²) in [5, 5.41) is 15.8. The fraction of sp³-hybridized carbons (Fsp3) is 0.750. The number of carboxylic acid groups (broad SMARTS) is 1. The van der Waals surface area contributed by atoms with E-state index in [1.54, 1.807) is 68.4 Å². The summed E-state index contributed by atoms with van der Waals surface area (Å²) in [7, 11) is 0. The molecule has 0 aliphatic carbocycles. The van der Waals surface area contributed by atoms with E-state index in [-0.39, 0.29) is 75.9 Å². The van der Waals surface area contributed by atoms with Gasteiger partial charge in [-0.1, -0.05) is 12.2 Å². The molecule has 15 nitrogen and oxygen atoms in total. The van der Waals surface area contributed by atoms with Crippen LogP contribution in [-0.4, -0.2) is 111 Å². The molecule has 2 fully saturated rings. The summed E-state index contributed by atoms with van der Waals surface area (Å²) in [6.07, 6.45) is 2.17. The van der Waals surface area contributed by atoms with Crippen molar-refractivity contribution in [1.82, 2.24) is 20.4 Å². The number of carbonyl (C=O) groups excluding carboxylic acids is 5. The summed E-state index contributed by atoms with van der Waals surface area (Å²) in [6.45, 7) is 34.2. The van der Waals surface area contributed by atoms with Crippen LogP contribution in [-0.2, 0) is 33.4 Å². The second-order valence-corrected chi connectivity index (χ2v) is 18.9. The van der Waals surface area contributed by atoms with E-state index in [2.05, 4.69) is 23.8 Å². The van der Waals surface area contributed by atoms with Crippen LogP contribution in [0.2, 0.25) is 0 Å². The van der Waals surface area contributed by atoms with Crippen LogP contribution < -0.4 is 29.5 Å². The van der Waals surface area contributed by atoms with E-state index in [1.807, 2.05) is 41.5 Å². The quantitative estimate of drug-likeness (QED) is 0.134. The average Bonchev–Trinajstić information content (AvgIpc) is 3.45. The van der Waals surface area contributed by atoms with Crippen molar-refractivity contribution in [2.24, 2.45) is 21.7 Å². The number of likely N-dealkylation sites (tertiary alicyclic amines) is 2. The third-order valence-electron chi connectivity index (χ3n) is 9.39. The number of hydrogen-bond acceptors (Lipinski definition) is 10. The van der Waals surface area contributed by atoms with Gasteiger partial charge >= 0.3 is 43.0 Å². The van der Waals surface area contributed by atoms with Gasteiger partial charge in [0, 0.05) is 37.3 Å². The van der Waals surface area contributed by atoms with Crippen molar-refractivity contribution in [2.75, 3.05) is 32.8 Å². The van der Waals surface area contributed by atoms with Gasteiger partial charge in [0.1, 0.15) is 22.0 Å². The zero-order chi connectivity index (χ0) is 42.5. The summed E-state index contributed by atoms with van der Waals surface area (Å²) in [5.74, 6) is -2.34. The molecule has 0 aromatic rings. The first-order chi connectivity index (χ1) is 24.2. The molecular weight excluding hydrogens is 719 g/mol. The Hall–Kier alpha value is -3.54. The zero-order valence-corrected chi connectivity index (χ0v) is 37.0. The van der Waals surface area contributed by atoms with Gasteiger partial charge in [-0.25, -0.2) is 9.59 Å². The average molecular weight is 789 g/mol. The van der Waals surface area contributed by atoms with Crippen molar-refractivity contribution in [3.8, 4) is 0 Å². The first-order valence-corrected chi connectivity index (χ1v) is 18.4. The molecule has 2 rings (SSSR count). The summed E-state index contributed by atoms with van der Waals surface area (Å²) < 4.78 is 16.2. The number of rotatable bonds is 9. The van der Waals surface area contributed by atoms with Crippen molar-refractivity contribution in [2.45, 2.75) is 139 Å². The van der Waals surface area contributed by atoms with Crippen LogP contribution in [0.5, 0.6) is 0 Å². The van der Waals surface area contributed by atoms with Gasteiger partial charge in [0.15, 0.2) is 0 Å². The van der Waals surface area contributed by atoms with Crippen molar-refractivity contribution in [1.29, 1.82) is 0 Å². The number of aliphatic carboxylic acids is 1. The van der Waals surface area contributed by atoms with Gasteiger partial charge in [-0.2, -0.15) is 0 Å². The Balaban J connectivity index is 0. The fourth-order valence-electron chi connectivity index (χ4n) is 6.73. The number of allylic oxidation sites excluding steroid dienone is 2. The van der Waals surface area contributed by atoms with Crippen LogP contribution in [0.25, 0.3) is 0 Å². The smallest absolute Gasteiger partial charge is 0.870 e. The molecule has 0 radical (unpaired) electrons. The van der Waals surface area contributed by atoms with Gasteiger partial charge in [-0.05, 0) is 117 Å². The standard InChI is InChI=1S/C21H36N2O5.C19H32N2O5.Li.H2O/c1-10-12-21(16(25)27-11-2)14-23(17(26)28-19(6,7)8)13-20(21,9)15(24)22-18(3,4)5;1-9-10-19(14(23)24)12-21(15(25)26-17(5,6)7)11-18(19,8)13(22)20-16(2,3)4;;/h10H,1,11-14H2,2-9H3,(H,22,24);9H,1,10-12H2,2-8H3,(H,20,22)(H,23,24);;1H2/q;;+1;/p-1. The number of amides is 4. The number of ether oxygens (including phenoxy) is 3. The molecule has 0 saturated carbocycles. The van der Waals surface area contributed by atoms with Crippen LogP contribution in [0.15, 0.2) is 25.3 Å². The molecular formula is C40H69LiN4O11.